The number of anilines is 1. The number of hydrogen-bond acceptors (Lipinski definition) is 4. The Labute approximate surface area is 196 Å². The number of ether oxygens (including phenoxy) is 1. The Hall–Kier alpha value is -3.17. The molecule has 7 nitrogen and oxygen atoms in total. The Morgan fingerprint density at radius 2 is 1.94 bits per heavy atom. The molecular weight excluding hydrogens is 501 g/mol. The van der Waals surface area contributed by atoms with Crippen molar-refractivity contribution in [3.05, 3.63) is 93.1 Å². The molecule has 0 saturated carbocycles. The lowest BCUT2D eigenvalue weighted by Crippen LogP contribution is -2.15. The van der Waals surface area contributed by atoms with E-state index in [1.165, 1.54) is 16.8 Å². The number of rotatable bonds is 7. The lowest BCUT2D eigenvalue weighted by Gasteiger charge is -2.07. The van der Waals surface area contributed by atoms with Crippen molar-refractivity contribution in [2.45, 2.75) is 20.2 Å². The SMILES string of the molecule is Cc1cc(NC(=O)c2ccn(COc3ccc(Br)cc3)n2)nn1Cc1ccc(F)cc1Cl. The normalized spacial score (nSPS) is 10.9. The van der Waals surface area contributed by atoms with Gasteiger partial charge in [0.1, 0.15) is 11.6 Å². The summed E-state index contributed by atoms with van der Waals surface area (Å²) in [6, 6.07) is 15.0. The van der Waals surface area contributed by atoms with Gasteiger partial charge in [0.15, 0.2) is 18.2 Å². The topological polar surface area (TPSA) is 74.0 Å². The summed E-state index contributed by atoms with van der Waals surface area (Å²) >= 11 is 9.48. The average Bonchev–Trinajstić information content (AvgIpc) is 3.36. The van der Waals surface area contributed by atoms with E-state index in [1.54, 1.807) is 29.1 Å². The number of aryl methyl sites for hydroxylation is 1. The third-order valence-electron chi connectivity index (χ3n) is 4.61. The first-order valence-electron chi connectivity index (χ1n) is 9.59. The van der Waals surface area contributed by atoms with Crippen LogP contribution in [0.1, 0.15) is 21.7 Å². The van der Waals surface area contributed by atoms with Crippen LogP contribution in [0.25, 0.3) is 0 Å². The zero-order valence-corrected chi connectivity index (χ0v) is 19.3. The molecule has 2 aromatic heterocycles. The Morgan fingerprint density at radius 1 is 1.16 bits per heavy atom. The largest absolute Gasteiger partial charge is 0.471 e. The van der Waals surface area contributed by atoms with E-state index in [2.05, 4.69) is 31.4 Å². The smallest absolute Gasteiger partial charge is 0.277 e. The van der Waals surface area contributed by atoms with Crippen LogP contribution in [0.5, 0.6) is 5.75 Å². The van der Waals surface area contributed by atoms with E-state index in [4.69, 9.17) is 16.3 Å². The fourth-order valence-corrected chi connectivity index (χ4v) is 3.44. The molecule has 2 aromatic carbocycles. The first kappa shape index (κ1) is 22.0. The molecule has 0 fully saturated rings. The highest BCUT2D eigenvalue weighted by molar-refractivity contribution is 9.10. The summed E-state index contributed by atoms with van der Waals surface area (Å²) in [5.41, 5.74) is 1.77. The molecule has 0 spiro atoms. The van der Waals surface area contributed by atoms with Gasteiger partial charge in [0, 0.05) is 27.5 Å². The molecule has 0 aliphatic carbocycles. The maximum absolute atomic E-state index is 13.3. The van der Waals surface area contributed by atoms with Crippen LogP contribution in [0, 0.1) is 12.7 Å². The number of aromatic nitrogens is 4. The highest BCUT2D eigenvalue weighted by Gasteiger charge is 2.14. The van der Waals surface area contributed by atoms with Gasteiger partial charge >= 0.3 is 0 Å². The predicted octanol–water partition coefficient (Wildman–Crippen LogP) is 5.28. The highest BCUT2D eigenvalue weighted by atomic mass is 79.9. The molecule has 0 aliphatic rings. The van der Waals surface area contributed by atoms with Gasteiger partial charge < -0.3 is 10.1 Å². The van der Waals surface area contributed by atoms with E-state index in [1.807, 2.05) is 31.2 Å². The van der Waals surface area contributed by atoms with Crippen molar-refractivity contribution in [1.29, 1.82) is 0 Å². The minimum absolute atomic E-state index is 0.168. The van der Waals surface area contributed by atoms with Crippen LogP contribution in [0.15, 0.2) is 65.3 Å². The van der Waals surface area contributed by atoms with Crippen molar-refractivity contribution in [3.63, 3.8) is 0 Å². The van der Waals surface area contributed by atoms with Crippen LogP contribution in [0.2, 0.25) is 5.02 Å². The van der Waals surface area contributed by atoms with Crippen LogP contribution in [-0.4, -0.2) is 25.5 Å². The number of nitrogens with zero attached hydrogens (tertiary/aromatic N) is 4. The number of carbonyl (C=O) groups excluding carboxylic acids is 1. The van der Waals surface area contributed by atoms with E-state index in [9.17, 15) is 9.18 Å². The molecule has 0 unspecified atom stereocenters. The number of benzene rings is 2. The van der Waals surface area contributed by atoms with Crippen LogP contribution >= 0.6 is 27.5 Å². The van der Waals surface area contributed by atoms with Crippen molar-refractivity contribution < 1.29 is 13.9 Å². The van der Waals surface area contributed by atoms with Crippen molar-refractivity contribution >= 4 is 39.3 Å². The quantitative estimate of drug-likeness (QED) is 0.361. The summed E-state index contributed by atoms with van der Waals surface area (Å²) in [5, 5.41) is 11.7. The average molecular weight is 519 g/mol. The fourth-order valence-electron chi connectivity index (χ4n) is 2.95. The summed E-state index contributed by atoms with van der Waals surface area (Å²) in [6.07, 6.45) is 1.66. The second-order valence-electron chi connectivity index (χ2n) is 6.99. The van der Waals surface area contributed by atoms with Gasteiger partial charge in [-0.25, -0.2) is 9.07 Å². The Bertz CT molecular complexity index is 1260. The van der Waals surface area contributed by atoms with Crippen molar-refractivity contribution in [3.8, 4) is 5.75 Å². The standard InChI is InChI=1S/C22H18BrClFN5O2/c1-14-10-21(28-30(14)12-15-2-5-17(25)11-19(15)24)26-22(31)20-8-9-29(27-20)13-32-18-6-3-16(23)4-7-18/h2-11H,12-13H2,1H3,(H,26,28,31). The van der Waals surface area contributed by atoms with E-state index < -0.39 is 11.7 Å². The highest BCUT2D eigenvalue weighted by Crippen LogP contribution is 2.20. The summed E-state index contributed by atoms with van der Waals surface area (Å²) in [7, 11) is 0. The van der Waals surface area contributed by atoms with Gasteiger partial charge in [-0.1, -0.05) is 33.6 Å². The predicted molar refractivity (Wildman–Crippen MR) is 122 cm³/mol. The van der Waals surface area contributed by atoms with Gasteiger partial charge in [-0.05, 0) is 55.0 Å². The monoisotopic (exact) mass is 517 g/mol. The van der Waals surface area contributed by atoms with Crippen LogP contribution in [-0.2, 0) is 13.3 Å². The molecule has 0 saturated heterocycles. The second kappa shape index (κ2) is 9.54. The molecule has 1 N–H and O–H groups in total. The molecule has 32 heavy (non-hydrogen) atoms. The van der Waals surface area contributed by atoms with Crippen molar-refractivity contribution in [2.24, 2.45) is 0 Å². The summed E-state index contributed by atoms with van der Waals surface area (Å²) in [6.45, 7) is 2.37. The van der Waals surface area contributed by atoms with Crippen molar-refractivity contribution in [1.82, 2.24) is 19.6 Å². The fraction of sp³-hybridized carbons (Fsp3) is 0.136. The number of carbonyl (C=O) groups is 1. The van der Waals surface area contributed by atoms with Crippen LogP contribution < -0.4 is 10.1 Å². The first-order valence-corrected chi connectivity index (χ1v) is 10.8. The molecule has 4 rings (SSSR count). The minimum Gasteiger partial charge on any atom is -0.471 e. The third kappa shape index (κ3) is 5.35. The Balaban J connectivity index is 1.38. The van der Waals surface area contributed by atoms with E-state index in [0.29, 0.717) is 23.1 Å². The zero-order valence-electron chi connectivity index (χ0n) is 16.9. The van der Waals surface area contributed by atoms with Gasteiger partial charge in [0.2, 0.25) is 0 Å². The van der Waals surface area contributed by atoms with Gasteiger partial charge in [0.05, 0.1) is 6.54 Å². The number of halogens is 3. The second-order valence-corrected chi connectivity index (χ2v) is 8.31. The van der Waals surface area contributed by atoms with Gasteiger partial charge in [-0.3, -0.25) is 9.48 Å². The third-order valence-corrected chi connectivity index (χ3v) is 5.49. The molecule has 2 heterocycles. The molecule has 0 radical (unpaired) electrons. The van der Waals surface area contributed by atoms with Crippen LogP contribution in [0.3, 0.4) is 0 Å². The van der Waals surface area contributed by atoms with Crippen LogP contribution in [0.4, 0.5) is 10.2 Å². The maximum atomic E-state index is 13.3. The lowest BCUT2D eigenvalue weighted by molar-refractivity contribution is 0.101. The lowest BCUT2D eigenvalue weighted by atomic mass is 10.2. The zero-order chi connectivity index (χ0) is 22.7. The van der Waals surface area contributed by atoms with E-state index in [0.717, 1.165) is 15.7 Å². The van der Waals surface area contributed by atoms with Gasteiger partial charge in [-0.2, -0.15) is 10.2 Å². The molecule has 4 aromatic rings. The summed E-state index contributed by atoms with van der Waals surface area (Å²) < 4.78 is 23.1. The molecule has 0 bridgehead atoms. The number of nitrogens with one attached hydrogen (secondary N) is 1. The Kier molecular flexibility index (Phi) is 6.57. The van der Waals surface area contributed by atoms with E-state index >= 15 is 0 Å². The van der Waals surface area contributed by atoms with Gasteiger partial charge in [0.25, 0.3) is 5.91 Å². The van der Waals surface area contributed by atoms with Gasteiger partial charge in [-0.15, -0.1) is 0 Å². The minimum atomic E-state index is -0.398. The molecule has 0 aliphatic heterocycles. The maximum Gasteiger partial charge on any atom is 0.277 e. The number of amides is 1. The Morgan fingerprint density at radius 3 is 2.69 bits per heavy atom. The summed E-state index contributed by atoms with van der Waals surface area (Å²) in [5.74, 6) is 0.283. The van der Waals surface area contributed by atoms with E-state index in [-0.39, 0.29) is 12.4 Å². The molecule has 1 amide bonds. The van der Waals surface area contributed by atoms with Crippen molar-refractivity contribution in [2.75, 3.05) is 5.32 Å². The molecule has 164 valence electrons. The summed E-state index contributed by atoms with van der Waals surface area (Å²) in [4.78, 5) is 12.6. The molecule has 10 heteroatoms. The first-order chi connectivity index (χ1) is 15.4. The molecule has 0 atom stereocenters. The number of hydrogen-bond donors (Lipinski definition) is 1. The molecular formula is C22H18BrClFN5O2.